The van der Waals surface area contributed by atoms with Crippen LogP contribution >= 0.6 is 0 Å². The summed E-state index contributed by atoms with van der Waals surface area (Å²) in [5.41, 5.74) is 3.13. The van der Waals surface area contributed by atoms with E-state index in [1.54, 1.807) is 0 Å². The Morgan fingerprint density at radius 2 is 1.64 bits per heavy atom. The van der Waals surface area contributed by atoms with Crippen molar-refractivity contribution in [3.8, 4) is 0 Å². The molecule has 28 heavy (non-hydrogen) atoms. The molecule has 0 atom stereocenters. The molecule has 1 aliphatic heterocycles. The fourth-order valence-corrected chi connectivity index (χ4v) is 3.63. The molecular formula is C23H29N3O2. The van der Waals surface area contributed by atoms with E-state index in [1.807, 2.05) is 54.2 Å². The number of rotatable bonds is 6. The highest BCUT2D eigenvalue weighted by molar-refractivity contribution is 6.03. The zero-order chi connectivity index (χ0) is 19.9. The number of benzene rings is 2. The van der Waals surface area contributed by atoms with Crippen LogP contribution in [0.3, 0.4) is 0 Å². The largest absolute Gasteiger partial charge is 0.378 e. The van der Waals surface area contributed by atoms with Crippen molar-refractivity contribution in [2.45, 2.75) is 25.7 Å². The third-order valence-electron chi connectivity index (χ3n) is 5.31. The lowest BCUT2D eigenvalue weighted by Gasteiger charge is -2.32. The van der Waals surface area contributed by atoms with E-state index in [-0.39, 0.29) is 18.2 Å². The van der Waals surface area contributed by atoms with Crippen LogP contribution in [-0.2, 0) is 16.0 Å². The number of piperidine rings is 1. The van der Waals surface area contributed by atoms with Gasteiger partial charge in [0.05, 0.1) is 0 Å². The molecule has 148 valence electrons. The zero-order valence-electron chi connectivity index (χ0n) is 16.7. The minimum Gasteiger partial charge on any atom is -0.378 e. The van der Waals surface area contributed by atoms with Gasteiger partial charge in [0.15, 0.2) is 0 Å². The number of amides is 2. The van der Waals surface area contributed by atoms with Crippen molar-refractivity contribution in [1.29, 1.82) is 0 Å². The fourth-order valence-electron chi connectivity index (χ4n) is 3.63. The average molecular weight is 380 g/mol. The van der Waals surface area contributed by atoms with Crippen LogP contribution in [0.15, 0.2) is 54.6 Å². The highest BCUT2D eigenvalue weighted by atomic mass is 16.2. The predicted molar refractivity (Wildman–Crippen MR) is 113 cm³/mol. The van der Waals surface area contributed by atoms with Crippen molar-refractivity contribution in [3.63, 3.8) is 0 Å². The van der Waals surface area contributed by atoms with Crippen LogP contribution in [0.4, 0.5) is 11.4 Å². The van der Waals surface area contributed by atoms with Crippen LogP contribution in [0.25, 0.3) is 0 Å². The van der Waals surface area contributed by atoms with Gasteiger partial charge in [-0.05, 0) is 55.0 Å². The first-order valence-electron chi connectivity index (χ1n) is 9.90. The van der Waals surface area contributed by atoms with E-state index in [0.29, 0.717) is 11.6 Å². The normalized spacial score (nSPS) is 14.6. The molecule has 0 bridgehead atoms. The average Bonchev–Trinajstić information content (AvgIpc) is 2.69. The third kappa shape index (κ3) is 5.59. The van der Waals surface area contributed by atoms with Crippen LogP contribution < -0.4 is 10.2 Å². The van der Waals surface area contributed by atoms with E-state index in [0.717, 1.165) is 38.0 Å². The van der Waals surface area contributed by atoms with Crippen molar-refractivity contribution < 1.29 is 9.59 Å². The molecule has 0 aliphatic carbocycles. The van der Waals surface area contributed by atoms with Crippen molar-refractivity contribution in [2.75, 3.05) is 37.4 Å². The number of carbonyl (C=O) groups excluding carboxylic acids is 2. The van der Waals surface area contributed by atoms with Crippen LogP contribution in [0.1, 0.15) is 24.8 Å². The lowest BCUT2D eigenvalue weighted by atomic mass is 9.90. The van der Waals surface area contributed by atoms with Gasteiger partial charge in [-0.15, -0.1) is 0 Å². The molecule has 1 saturated heterocycles. The van der Waals surface area contributed by atoms with Gasteiger partial charge < -0.3 is 15.1 Å². The first-order chi connectivity index (χ1) is 13.5. The Bertz CT molecular complexity index is 779. The van der Waals surface area contributed by atoms with Gasteiger partial charge >= 0.3 is 0 Å². The molecule has 0 unspecified atom stereocenters. The number of hydrogen-bond acceptors (Lipinski definition) is 3. The second-order valence-electron chi connectivity index (χ2n) is 7.68. The molecule has 0 radical (unpaired) electrons. The number of likely N-dealkylation sites (tertiary alicyclic amines) is 1. The van der Waals surface area contributed by atoms with E-state index in [2.05, 4.69) is 29.6 Å². The molecule has 2 aromatic carbocycles. The van der Waals surface area contributed by atoms with Crippen LogP contribution in [0.2, 0.25) is 0 Å². The van der Waals surface area contributed by atoms with Crippen LogP contribution in [0, 0.1) is 5.92 Å². The van der Waals surface area contributed by atoms with Gasteiger partial charge in [0.1, 0.15) is 6.42 Å². The minimum absolute atomic E-state index is 0.0828. The minimum atomic E-state index is -0.256. The highest BCUT2D eigenvalue weighted by Gasteiger charge is 2.24. The second kappa shape index (κ2) is 9.40. The third-order valence-corrected chi connectivity index (χ3v) is 5.31. The molecule has 0 spiro atoms. The molecule has 1 N–H and O–H groups in total. The van der Waals surface area contributed by atoms with E-state index < -0.39 is 0 Å². The molecule has 1 aliphatic rings. The number of carbonyl (C=O) groups is 2. The number of nitrogens with one attached hydrogen (secondary N) is 1. The quantitative estimate of drug-likeness (QED) is 0.781. The lowest BCUT2D eigenvalue weighted by Crippen LogP contribution is -2.40. The maximum Gasteiger partial charge on any atom is 0.233 e. The maximum absolute atomic E-state index is 12.5. The standard InChI is InChI=1S/C23H29N3O2/c1-25(2)21-10-8-20(9-11-21)24-22(27)17-23(28)26-14-12-19(13-15-26)16-18-6-4-3-5-7-18/h3-11,19H,12-17H2,1-2H3,(H,24,27). The Hall–Kier alpha value is -2.82. The van der Waals surface area contributed by atoms with E-state index in [4.69, 9.17) is 0 Å². The Morgan fingerprint density at radius 3 is 2.25 bits per heavy atom. The Labute approximate surface area is 167 Å². The summed E-state index contributed by atoms with van der Waals surface area (Å²) in [6.07, 6.45) is 2.95. The smallest absolute Gasteiger partial charge is 0.233 e. The monoisotopic (exact) mass is 379 g/mol. The molecule has 5 nitrogen and oxygen atoms in total. The summed E-state index contributed by atoms with van der Waals surface area (Å²) < 4.78 is 0. The predicted octanol–water partition coefficient (Wildman–Crippen LogP) is 3.56. The molecule has 0 saturated carbocycles. The Balaban J connectivity index is 1.43. The fraction of sp³-hybridized carbons (Fsp3) is 0.391. The molecule has 3 rings (SSSR count). The SMILES string of the molecule is CN(C)c1ccc(NC(=O)CC(=O)N2CCC(Cc3ccccc3)CC2)cc1. The van der Waals surface area contributed by atoms with Crippen molar-refractivity contribution in [3.05, 3.63) is 60.2 Å². The summed E-state index contributed by atoms with van der Waals surface area (Å²) in [6.45, 7) is 1.47. The van der Waals surface area contributed by atoms with Crippen LogP contribution in [0.5, 0.6) is 0 Å². The van der Waals surface area contributed by atoms with Gasteiger partial charge in [0.2, 0.25) is 11.8 Å². The molecule has 1 heterocycles. The highest BCUT2D eigenvalue weighted by Crippen LogP contribution is 2.22. The van der Waals surface area contributed by atoms with Gasteiger partial charge in [0.25, 0.3) is 0 Å². The zero-order valence-corrected chi connectivity index (χ0v) is 16.7. The van der Waals surface area contributed by atoms with Gasteiger partial charge in [-0.1, -0.05) is 30.3 Å². The first-order valence-corrected chi connectivity index (χ1v) is 9.90. The Kier molecular flexibility index (Phi) is 6.69. The molecule has 0 aromatic heterocycles. The second-order valence-corrected chi connectivity index (χ2v) is 7.68. The molecular weight excluding hydrogens is 350 g/mol. The van der Waals surface area contributed by atoms with Gasteiger partial charge in [-0.3, -0.25) is 9.59 Å². The van der Waals surface area contributed by atoms with Crippen molar-refractivity contribution in [2.24, 2.45) is 5.92 Å². The van der Waals surface area contributed by atoms with Crippen molar-refractivity contribution in [1.82, 2.24) is 4.90 Å². The molecule has 2 aromatic rings. The van der Waals surface area contributed by atoms with E-state index >= 15 is 0 Å². The maximum atomic E-state index is 12.5. The van der Waals surface area contributed by atoms with E-state index in [1.165, 1.54) is 5.56 Å². The number of nitrogens with zero attached hydrogens (tertiary/aromatic N) is 2. The number of hydrogen-bond donors (Lipinski definition) is 1. The van der Waals surface area contributed by atoms with Gasteiger partial charge in [0, 0.05) is 38.6 Å². The summed E-state index contributed by atoms with van der Waals surface area (Å²) in [7, 11) is 3.94. The number of anilines is 2. The summed E-state index contributed by atoms with van der Waals surface area (Å²) in [5, 5.41) is 2.81. The summed E-state index contributed by atoms with van der Waals surface area (Å²) in [4.78, 5) is 28.5. The van der Waals surface area contributed by atoms with Crippen LogP contribution in [-0.4, -0.2) is 43.9 Å². The lowest BCUT2D eigenvalue weighted by molar-refractivity contribution is -0.135. The van der Waals surface area contributed by atoms with Gasteiger partial charge in [-0.25, -0.2) is 0 Å². The van der Waals surface area contributed by atoms with Crippen molar-refractivity contribution >= 4 is 23.2 Å². The summed E-state index contributed by atoms with van der Waals surface area (Å²) in [6, 6.07) is 18.1. The summed E-state index contributed by atoms with van der Waals surface area (Å²) in [5.74, 6) is 0.269. The Morgan fingerprint density at radius 1 is 1.00 bits per heavy atom. The summed E-state index contributed by atoms with van der Waals surface area (Å²) >= 11 is 0. The molecule has 2 amide bonds. The van der Waals surface area contributed by atoms with Gasteiger partial charge in [-0.2, -0.15) is 0 Å². The van der Waals surface area contributed by atoms with E-state index in [9.17, 15) is 9.59 Å². The first kappa shape index (κ1) is 19.9. The molecule has 5 heteroatoms. The molecule has 1 fully saturated rings. The topological polar surface area (TPSA) is 52.7 Å².